The number of hydrogen-bond acceptors (Lipinski definition) is 8. The average Bonchev–Trinajstić information content (AvgIpc) is 3.22. The summed E-state index contributed by atoms with van der Waals surface area (Å²) in [6, 6.07) is 5.77. The van der Waals surface area contributed by atoms with Crippen LogP contribution in [0.15, 0.2) is 41.2 Å². The standard InChI is InChI=1S/C13H10N6O5/c20-18(21)10-3-1-9(2-4-10)13-15-12(24-16-13)5-6-17-8-11(7-14-17)19(22)23/h1-4,7-8H,5-6H2. The Morgan fingerprint density at radius 1 is 1.08 bits per heavy atom. The predicted molar refractivity (Wildman–Crippen MR) is 79.0 cm³/mol. The van der Waals surface area contributed by atoms with Gasteiger partial charge in [0.05, 0.1) is 9.85 Å². The molecule has 3 aromatic rings. The SMILES string of the molecule is O=[N+]([O-])c1ccc(-c2noc(CCn3cc([N+](=O)[O-])cn3)n2)cc1. The number of benzene rings is 1. The molecule has 0 aliphatic heterocycles. The van der Waals surface area contributed by atoms with Gasteiger partial charge in [-0.15, -0.1) is 0 Å². The second-order valence-corrected chi connectivity index (χ2v) is 4.78. The lowest BCUT2D eigenvalue weighted by atomic mass is 10.2. The third-order valence-corrected chi connectivity index (χ3v) is 3.19. The zero-order chi connectivity index (χ0) is 17.1. The van der Waals surface area contributed by atoms with Crippen LogP contribution in [0.4, 0.5) is 11.4 Å². The Morgan fingerprint density at radius 2 is 1.79 bits per heavy atom. The van der Waals surface area contributed by atoms with Crippen molar-refractivity contribution in [3.8, 4) is 11.4 Å². The van der Waals surface area contributed by atoms with E-state index in [9.17, 15) is 20.2 Å². The van der Waals surface area contributed by atoms with Crippen LogP contribution in [0.3, 0.4) is 0 Å². The molecule has 1 aromatic carbocycles. The second-order valence-electron chi connectivity index (χ2n) is 4.78. The largest absolute Gasteiger partial charge is 0.339 e. The summed E-state index contributed by atoms with van der Waals surface area (Å²) >= 11 is 0. The number of aryl methyl sites for hydroxylation is 2. The lowest BCUT2D eigenvalue weighted by molar-refractivity contribution is -0.385. The molecule has 24 heavy (non-hydrogen) atoms. The summed E-state index contributed by atoms with van der Waals surface area (Å²) in [6.45, 7) is 0.343. The number of non-ortho nitro benzene ring substituents is 1. The smallest absolute Gasteiger partial charge is 0.306 e. The van der Waals surface area contributed by atoms with Crippen LogP contribution in [0, 0.1) is 20.2 Å². The van der Waals surface area contributed by atoms with Gasteiger partial charge in [0.1, 0.15) is 12.4 Å². The minimum absolute atomic E-state index is 0.0252. The fourth-order valence-corrected chi connectivity index (χ4v) is 1.99. The van der Waals surface area contributed by atoms with Crippen LogP contribution in [0.5, 0.6) is 0 Å². The van der Waals surface area contributed by atoms with E-state index < -0.39 is 9.85 Å². The van der Waals surface area contributed by atoms with Crippen molar-refractivity contribution in [2.45, 2.75) is 13.0 Å². The molecule has 11 heteroatoms. The normalized spacial score (nSPS) is 10.7. The van der Waals surface area contributed by atoms with Crippen LogP contribution < -0.4 is 0 Å². The van der Waals surface area contributed by atoms with Gasteiger partial charge >= 0.3 is 5.69 Å². The van der Waals surface area contributed by atoms with Crippen molar-refractivity contribution in [2.75, 3.05) is 0 Å². The zero-order valence-corrected chi connectivity index (χ0v) is 12.1. The van der Waals surface area contributed by atoms with E-state index in [1.165, 1.54) is 35.1 Å². The molecular formula is C13H10N6O5. The number of nitro groups is 2. The zero-order valence-electron chi connectivity index (χ0n) is 12.1. The molecule has 0 unspecified atom stereocenters. The summed E-state index contributed by atoms with van der Waals surface area (Å²) in [4.78, 5) is 24.4. The number of nitrogens with zero attached hydrogens (tertiary/aromatic N) is 6. The van der Waals surface area contributed by atoms with E-state index in [1.807, 2.05) is 0 Å². The summed E-state index contributed by atoms with van der Waals surface area (Å²) in [5, 5.41) is 28.9. The molecule has 122 valence electrons. The molecule has 11 nitrogen and oxygen atoms in total. The van der Waals surface area contributed by atoms with Crippen LogP contribution in [0.1, 0.15) is 5.89 Å². The fourth-order valence-electron chi connectivity index (χ4n) is 1.99. The maximum atomic E-state index is 10.6. The highest BCUT2D eigenvalue weighted by atomic mass is 16.6. The highest BCUT2D eigenvalue weighted by molar-refractivity contribution is 5.56. The Balaban J connectivity index is 1.66. The van der Waals surface area contributed by atoms with Gasteiger partial charge < -0.3 is 4.52 Å². The Labute approximate surface area is 133 Å². The Kier molecular flexibility index (Phi) is 3.97. The van der Waals surface area contributed by atoms with Crippen LogP contribution >= 0.6 is 0 Å². The van der Waals surface area contributed by atoms with E-state index in [4.69, 9.17) is 4.52 Å². The quantitative estimate of drug-likeness (QED) is 0.493. The third-order valence-electron chi connectivity index (χ3n) is 3.19. The number of hydrogen-bond donors (Lipinski definition) is 0. The van der Waals surface area contributed by atoms with Crippen LogP contribution in [0.2, 0.25) is 0 Å². The van der Waals surface area contributed by atoms with Gasteiger partial charge in [-0.2, -0.15) is 10.1 Å². The Morgan fingerprint density at radius 3 is 2.42 bits per heavy atom. The second kappa shape index (κ2) is 6.24. The minimum atomic E-state index is -0.525. The highest BCUT2D eigenvalue weighted by Gasteiger charge is 2.12. The van der Waals surface area contributed by atoms with Gasteiger partial charge in [0.15, 0.2) is 0 Å². The first-order valence-electron chi connectivity index (χ1n) is 6.77. The van der Waals surface area contributed by atoms with Crippen LogP contribution in [-0.4, -0.2) is 29.8 Å². The molecule has 0 aliphatic carbocycles. The van der Waals surface area contributed by atoms with E-state index in [2.05, 4.69) is 15.2 Å². The van der Waals surface area contributed by atoms with Crippen LogP contribution in [-0.2, 0) is 13.0 Å². The molecule has 0 saturated heterocycles. The first-order chi connectivity index (χ1) is 11.5. The molecule has 0 fully saturated rings. The highest BCUT2D eigenvalue weighted by Crippen LogP contribution is 2.20. The van der Waals surface area contributed by atoms with E-state index >= 15 is 0 Å². The summed E-state index contributed by atoms with van der Waals surface area (Å²) in [6.07, 6.45) is 2.82. The molecule has 2 heterocycles. The van der Waals surface area contributed by atoms with Gasteiger partial charge in [-0.1, -0.05) is 5.16 Å². The minimum Gasteiger partial charge on any atom is -0.339 e. The van der Waals surface area contributed by atoms with Crippen molar-refractivity contribution in [3.63, 3.8) is 0 Å². The monoisotopic (exact) mass is 330 g/mol. The van der Waals surface area contributed by atoms with E-state index in [1.54, 1.807) is 0 Å². The molecule has 0 amide bonds. The molecule has 3 rings (SSSR count). The van der Waals surface area contributed by atoms with Crippen molar-refractivity contribution in [3.05, 3.63) is 62.8 Å². The lowest BCUT2D eigenvalue weighted by Gasteiger charge is -1.95. The fraction of sp³-hybridized carbons (Fsp3) is 0.154. The maximum Gasteiger partial charge on any atom is 0.306 e. The first-order valence-corrected chi connectivity index (χ1v) is 6.77. The van der Waals surface area contributed by atoms with Gasteiger partial charge in [-0.3, -0.25) is 24.9 Å². The summed E-state index contributed by atoms with van der Waals surface area (Å²) in [5.41, 5.74) is 0.472. The molecule has 0 spiro atoms. The van der Waals surface area contributed by atoms with Gasteiger partial charge in [-0.25, -0.2) is 0 Å². The number of aromatic nitrogens is 4. The summed E-state index contributed by atoms with van der Waals surface area (Å²) in [5.74, 6) is 0.646. The number of rotatable bonds is 6. The van der Waals surface area contributed by atoms with Crippen molar-refractivity contribution >= 4 is 11.4 Å². The molecular weight excluding hydrogens is 320 g/mol. The molecule has 0 aliphatic rings. The van der Waals surface area contributed by atoms with Gasteiger partial charge in [-0.05, 0) is 12.1 Å². The van der Waals surface area contributed by atoms with Crippen molar-refractivity contribution in [1.82, 2.24) is 19.9 Å². The van der Waals surface area contributed by atoms with E-state index in [0.29, 0.717) is 30.2 Å². The average molecular weight is 330 g/mol. The Bertz CT molecular complexity index is 884. The topological polar surface area (TPSA) is 143 Å². The first kappa shape index (κ1) is 15.3. The molecule has 0 N–H and O–H groups in total. The van der Waals surface area contributed by atoms with E-state index in [0.717, 1.165) is 6.20 Å². The summed E-state index contributed by atoms with van der Waals surface area (Å²) in [7, 11) is 0. The van der Waals surface area contributed by atoms with Gasteiger partial charge in [0, 0.05) is 30.7 Å². The molecule has 2 aromatic heterocycles. The van der Waals surface area contributed by atoms with E-state index in [-0.39, 0.29) is 11.4 Å². The van der Waals surface area contributed by atoms with Gasteiger partial charge in [0.25, 0.3) is 5.69 Å². The predicted octanol–water partition coefficient (Wildman–Crippen LogP) is 1.99. The van der Waals surface area contributed by atoms with Gasteiger partial charge in [0.2, 0.25) is 11.7 Å². The summed E-state index contributed by atoms with van der Waals surface area (Å²) < 4.78 is 6.51. The lowest BCUT2D eigenvalue weighted by Crippen LogP contribution is -2.01. The van der Waals surface area contributed by atoms with Crippen molar-refractivity contribution < 1.29 is 14.4 Å². The molecule has 0 bridgehead atoms. The van der Waals surface area contributed by atoms with Crippen LogP contribution in [0.25, 0.3) is 11.4 Å². The number of nitro benzene ring substituents is 1. The van der Waals surface area contributed by atoms with Crippen molar-refractivity contribution in [2.24, 2.45) is 0 Å². The third kappa shape index (κ3) is 3.24. The molecule has 0 saturated carbocycles. The van der Waals surface area contributed by atoms with Crippen molar-refractivity contribution in [1.29, 1.82) is 0 Å². The Hall–Kier alpha value is -3.63. The molecule has 0 radical (unpaired) electrons. The maximum absolute atomic E-state index is 10.6. The molecule has 0 atom stereocenters.